The lowest BCUT2D eigenvalue weighted by atomic mass is 10.1. The van der Waals surface area contributed by atoms with E-state index in [1.165, 1.54) is 77.0 Å². The molecule has 0 radical (unpaired) electrons. The summed E-state index contributed by atoms with van der Waals surface area (Å²) in [5.74, 6) is -1.53. The summed E-state index contributed by atoms with van der Waals surface area (Å²) in [4.78, 5) is 38.2. The van der Waals surface area contributed by atoms with Gasteiger partial charge >= 0.3 is 7.32 Å². The fourth-order valence-electron chi connectivity index (χ4n) is 6.81. The van der Waals surface area contributed by atoms with Crippen molar-refractivity contribution in [3.63, 3.8) is 0 Å². The van der Waals surface area contributed by atoms with Gasteiger partial charge in [-0.15, -0.1) is 0 Å². The maximum absolute atomic E-state index is 12.7. The Bertz CT molecular complexity index is 1030. The van der Waals surface area contributed by atoms with Crippen LogP contribution < -0.4 is 0 Å². The Labute approximate surface area is 377 Å². The van der Waals surface area contributed by atoms with Gasteiger partial charge in [-0.3, -0.25) is 14.4 Å². The largest absolute Gasteiger partial charge is 0.870 e. The van der Waals surface area contributed by atoms with E-state index in [1.807, 2.05) is 0 Å². The minimum atomic E-state index is -1.62. The summed E-state index contributed by atoms with van der Waals surface area (Å²) < 4.78 is 16.2. The average Bonchev–Trinajstić information content (AvgIpc) is 3.25. The van der Waals surface area contributed by atoms with Crippen LogP contribution in [0.5, 0.6) is 0 Å². The lowest BCUT2D eigenvalue weighted by Gasteiger charge is -2.14. The smallest absolute Gasteiger partial charge is 0.462 e. The standard InChI is InChI=1S/C54H93BO6/c1-4-7-10-13-16-19-22-25-28-31-34-37-40-43-46-49-52(56)59-55(60-53(57)50-47-44-41-38-35-32-29-26-23-20-17-14-11-8-5-2)61-54(58)51-48-45-42-39-36-33-30-27-24-21-18-15-12-9-6-3/h16-21,25-30H,4-15,22-24,31-51H2,1-3H3/b19-16-,20-17-,21-18-,28-25-,29-26-,30-27-. The van der Waals surface area contributed by atoms with Crippen LogP contribution in [-0.2, 0) is 28.3 Å². The topological polar surface area (TPSA) is 78.9 Å². The van der Waals surface area contributed by atoms with Crippen LogP contribution in [0.15, 0.2) is 72.9 Å². The summed E-state index contributed by atoms with van der Waals surface area (Å²) in [7, 11) is -1.62. The van der Waals surface area contributed by atoms with Crippen molar-refractivity contribution in [2.45, 2.75) is 252 Å². The van der Waals surface area contributed by atoms with Gasteiger partial charge in [-0.25, -0.2) is 0 Å². The molecule has 348 valence electrons. The molecule has 0 rings (SSSR count). The van der Waals surface area contributed by atoms with Gasteiger partial charge in [0, 0.05) is 19.3 Å². The van der Waals surface area contributed by atoms with Gasteiger partial charge in [0.2, 0.25) is 0 Å². The molecular weight excluding hydrogens is 755 g/mol. The fraction of sp³-hybridized carbons (Fsp3) is 0.722. The number of hydrogen-bond acceptors (Lipinski definition) is 6. The lowest BCUT2D eigenvalue weighted by molar-refractivity contribution is -0.148. The van der Waals surface area contributed by atoms with Crippen LogP contribution in [0, 0.1) is 0 Å². The maximum Gasteiger partial charge on any atom is 0.870 e. The summed E-state index contributed by atoms with van der Waals surface area (Å²) >= 11 is 0. The summed E-state index contributed by atoms with van der Waals surface area (Å²) in [5, 5.41) is 0. The van der Waals surface area contributed by atoms with E-state index in [-0.39, 0.29) is 19.3 Å². The van der Waals surface area contributed by atoms with Crippen molar-refractivity contribution in [2.75, 3.05) is 0 Å². The molecule has 0 saturated heterocycles. The molecule has 0 N–H and O–H groups in total. The van der Waals surface area contributed by atoms with Gasteiger partial charge in [-0.1, -0.05) is 190 Å². The molecular formula is C54H93BO6. The van der Waals surface area contributed by atoms with E-state index in [0.29, 0.717) is 19.3 Å². The van der Waals surface area contributed by atoms with Crippen LogP contribution >= 0.6 is 0 Å². The van der Waals surface area contributed by atoms with Crippen LogP contribution in [0.2, 0.25) is 0 Å². The first-order chi connectivity index (χ1) is 30.0. The summed E-state index contributed by atoms with van der Waals surface area (Å²) in [6, 6.07) is 0. The zero-order valence-electron chi connectivity index (χ0n) is 39.9. The highest BCUT2D eigenvalue weighted by Crippen LogP contribution is 2.14. The van der Waals surface area contributed by atoms with Crippen molar-refractivity contribution < 1.29 is 28.3 Å². The number of hydrogen-bond donors (Lipinski definition) is 0. The predicted octanol–water partition coefficient (Wildman–Crippen LogP) is 17.0. The molecule has 0 aromatic rings. The number of unbranched alkanes of at least 4 members (excludes halogenated alkanes) is 24. The molecule has 0 unspecified atom stereocenters. The highest BCUT2D eigenvalue weighted by Gasteiger charge is 2.36. The molecule has 0 spiro atoms. The lowest BCUT2D eigenvalue weighted by Crippen LogP contribution is -2.34. The molecule has 0 heterocycles. The Morgan fingerprint density at radius 2 is 0.508 bits per heavy atom. The van der Waals surface area contributed by atoms with Crippen LogP contribution in [0.1, 0.15) is 252 Å². The molecule has 0 aliphatic heterocycles. The predicted molar refractivity (Wildman–Crippen MR) is 262 cm³/mol. The third kappa shape index (κ3) is 47.8. The molecule has 0 aliphatic carbocycles. The maximum atomic E-state index is 12.7. The van der Waals surface area contributed by atoms with Gasteiger partial charge in [-0.05, 0) is 116 Å². The Morgan fingerprint density at radius 1 is 0.295 bits per heavy atom. The van der Waals surface area contributed by atoms with Gasteiger partial charge < -0.3 is 14.0 Å². The molecule has 0 fully saturated rings. The van der Waals surface area contributed by atoms with E-state index >= 15 is 0 Å². The SMILES string of the molecule is CCCCC/C=C\C/C=C\CCCCCCCC(=O)OB(OC(=O)CCCCCCC/C=C\C/C=C\CCCCC)OC(=O)CCCCCCC/C=C\C/C=C\CCCCC. The minimum Gasteiger partial charge on any atom is -0.462 e. The van der Waals surface area contributed by atoms with E-state index in [4.69, 9.17) is 14.0 Å². The Morgan fingerprint density at radius 3 is 0.754 bits per heavy atom. The van der Waals surface area contributed by atoms with Gasteiger partial charge in [0.25, 0.3) is 17.9 Å². The highest BCUT2D eigenvalue weighted by atomic mass is 16.8. The van der Waals surface area contributed by atoms with E-state index in [0.717, 1.165) is 116 Å². The summed E-state index contributed by atoms with van der Waals surface area (Å²) in [6.45, 7) is 6.70. The third-order valence-corrected chi connectivity index (χ3v) is 10.7. The number of rotatable bonds is 45. The van der Waals surface area contributed by atoms with Crippen molar-refractivity contribution >= 4 is 25.2 Å². The molecule has 0 aromatic heterocycles. The summed E-state index contributed by atoms with van der Waals surface area (Å²) in [5.41, 5.74) is 0. The Balaban J connectivity index is 4.49. The second-order valence-electron chi connectivity index (χ2n) is 16.7. The first-order valence-electron chi connectivity index (χ1n) is 25.5. The molecule has 6 nitrogen and oxygen atoms in total. The third-order valence-electron chi connectivity index (χ3n) is 10.7. The number of allylic oxidation sites excluding steroid dienone is 12. The summed E-state index contributed by atoms with van der Waals surface area (Å²) in [6.07, 6.45) is 63.9. The van der Waals surface area contributed by atoms with Gasteiger partial charge in [-0.2, -0.15) is 0 Å². The Hall–Kier alpha value is -3.09. The second kappa shape index (κ2) is 49.6. The van der Waals surface area contributed by atoms with Gasteiger partial charge in [0.1, 0.15) is 0 Å². The first kappa shape index (κ1) is 57.9. The van der Waals surface area contributed by atoms with Crippen LogP contribution in [-0.4, -0.2) is 25.2 Å². The molecule has 7 heteroatoms. The van der Waals surface area contributed by atoms with E-state index in [9.17, 15) is 14.4 Å². The van der Waals surface area contributed by atoms with E-state index in [1.54, 1.807) is 0 Å². The Kier molecular flexibility index (Phi) is 47.1. The van der Waals surface area contributed by atoms with Crippen LogP contribution in [0.3, 0.4) is 0 Å². The molecule has 0 amide bonds. The zero-order valence-corrected chi connectivity index (χ0v) is 39.9. The van der Waals surface area contributed by atoms with Crippen LogP contribution in [0.4, 0.5) is 0 Å². The van der Waals surface area contributed by atoms with Gasteiger partial charge in [0.05, 0.1) is 0 Å². The van der Waals surface area contributed by atoms with Crippen LogP contribution in [0.25, 0.3) is 0 Å². The molecule has 0 bridgehead atoms. The molecule has 0 atom stereocenters. The number of carbonyl (C=O) groups is 3. The van der Waals surface area contributed by atoms with E-state index in [2.05, 4.69) is 93.7 Å². The molecule has 0 aromatic carbocycles. The average molecular weight is 849 g/mol. The second-order valence-corrected chi connectivity index (χ2v) is 16.7. The van der Waals surface area contributed by atoms with Crippen molar-refractivity contribution in [1.82, 2.24) is 0 Å². The normalized spacial score (nSPS) is 12.0. The van der Waals surface area contributed by atoms with Crippen molar-refractivity contribution in [3.8, 4) is 0 Å². The monoisotopic (exact) mass is 849 g/mol. The minimum absolute atomic E-state index is 0.200. The van der Waals surface area contributed by atoms with E-state index < -0.39 is 25.2 Å². The first-order valence-corrected chi connectivity index (χ1v) is 25.5. The van der Waals surface area contributed by atoms with Gasteiger partial charge in [0.15, 0.2) is 0 Å². The molecule has 0 saturated carbocycles. The zero-order chi connectivity index (χ0) is 44.4. The fourth-order valence-corrected chi connectivity index (χ4v) is 6.81. The highest BCUT2D eigenvalue weighted by molar-refractivity contribution is 6.44. The quantitative estimate of drug-likeness (QED) is 0.0345. The number of carbonyl (C=O) groups excluding carboxylic acids is 3. The molecule has 61 heavy (non-hydrogen) atoms. The van der Waals surface area contributed by atoms with Crippen molar-refractivity contribution in [3.05, 3.63) is 72.9 Å². The van der Waals surface area contributed by atoms with Crippen molar-refractivity contribution in [2.24, 2.45) is 0 Å². The molecule has 0 aliphatic rings. The van der Waals surface area contributed by atoms with Crippen molar-refractivity contribution in [1.29, 1.82) is 0 Å².